The second-order valence-corrected chi connectivity index (χ2v) is 13.7. The Morgan fingerprint density at radius 2 is 1.66 bits per heavy atom. The molecule has 4 N–H and O–H groups in total. The van der Waals surface area contributed by atoms with Gasteiger partial charge in [0.05, 0.1) is 6.04 Å². The molecule has 44 heavy (non-hydrogen) atoms. The number of carbonyl (C=O) groups is 6. The molecule has 1 saturated heterocycles. The molecule has 246 valence electrons. The number of likely N-dealkylation sites (tertiary alicyclic amines) is 1. The van der Waals surface area contributed by atoms with Crippen molar-refractivity contribution >= 4 is 35.5 Å². The van der Waals surface area contributed by atoms with Crippen LogP contribution in [0.3, 0.4) is 0 Å². The van der Waals surface area contributed by atoms with E-state index < -0.39 is 65.1 Å². The van der Waals surface area contributed by atoms with Crippen LogP contribution in [0.25, 0.3) is 0 Å². The molecule has 0 aromatic heterocycles. The lowest BCUT2D eigenvalue weighted by atomic mass is 9.85. The Morgan fingerprint density at radius 3 is 2.18 bits per heavy atom. The summed E-state index contributed by atoms with van der Waals surface area (Å²) in [6.45, 7) is 22.3. The highest BCUT2D eigenvalue weighted by atomic mass is 16.5. The SMILES string of the molecule is C=CCNC(=O)C(=O)C(CCC)NC(=O)[C@@H]1[C@@H]2[C@H](CN1C(=O)[C@@H](NC(=O)N[C@H](C(=O)OCC=C)C(C)C)C(C)(C)C)C2(C)C. The number of amides is 5. The molecule has 1 heterocycles. The van der Waals surface area contributed by atoms with Crippen molar-refractivity contribution in [1.82, 2.24) is 26.2 Å². The van der Waals surface area contributed by atoms with Gasteiger partial charge in [0, 0.05) is 13.1 Å². The van der Waals surface area contributed by atoms with Gasteiger partial charge in [-0.05, 0) is 35.0 Å². The van der Waals surface area contributed by atoms with Crippen molar-refractivity contribution in [2.24, 2.45) is 28.6 Å². The number of rotatable bonds is 15. The number of esters is 1. The van der Waals surface area contributed by atoms with Crippen LogP contribution in [-0.4, -0.2) is 84.3 Å². The van der Waals surface area contributed by atoms with Crippen LogP contribution < -0.4 is 21.3 Å². The van der Waals surface area contributed by atoms with Gasteiger partial charge in [-0.1, -0.05) is 80.5 Å². The molecule has 1 aliphatic heterocycles. The topological polar surface area (TPSA) is 163 Å². The van der Waals surface area contributed by atoms with Gasteiger partial charge in [-0.15, -0.1) is 6.58 Å². The number of ether oxygens (including phenoxy) is 1. The highest BCUT2D eigenvalue weighted by molar-refractivity contribution is 6.38. The Balaban J connectivity index is 2.30. The number of fused-ring (bicyclic) bond motifs is 1. The molecule has 12 nitrogen and oxygen atoms in total. The molecule has 0 aromatic rings. The van der Waals surface area contributed by atoms with Gasteiger partial charge < -0.3 is 30.9 Å². The minimum absolute atomic E-state index is 0.00421. The summed E-state index contributed by atoms with van der Waals surface area (Å²) >= 11 is 0. The van der Waals surface area contributed by atoms with Crippen molar-refractivity contribution < 1.29 is 33.5 Å². The molecule has 0 spiro atoms. The summed E-state index contributed by atoms with van der Waals surface area (Å²) < 4.78 is 5.12. The summed E-state index contributed by atoms with van der Waals surface area (Å²) in [5, 5.41) is 10.6. The van der Waals surface area contributed by atoms with E-state index in [1.165, 1.54) is 17.1 Å². The van der Waals surface area contributed by atoms with Crippen LogP contribution in [0.2, 0.25) is 0 Å². The lowest BCUT2D eigenvalue weighted by molar-refractivity contribution is -0.146. The second kappa shape index (κ2) is 14.9. The Morgan fingerprint density at radius 1 is 1.02 bits per heavy atom. The number of hydrogen-bond acceptors (Lipinski definition) is 7. The van der Waals surface area contributed by atoms with Gasteiger partial charge in [0.25, 0.3) is 5.91 Å². The van der Waals surface area contributed by atoms with E-state index in [0.717, 1.165) is 0 Å². The third-order valence-corrected chi connectivity index (χ3v) is 8.54. The molecule has 12 heteroatoms. The number of urea groups is 1. The van der Waals surface area contributed by atoms with E-state index in [4.69, 9.17) is 4.74 Å². The number of piperidine rings is 1. The van der Waals surface area contributed by atoms with Crippen molar-refractivity contribution in [3.63, 3.8) is 0 Å². The number of carbonyl (C=O) groups excluding carboxylic acids is 6. The maximum absolute atomic E-state index is 14.1. The third kappa shape index (κ3) is 8.47. The molecule has 1 unspecified atom stereocenters. The van der Waals surface area contributed by atoms with Crippen molar-refractivity contribution in [1.29, 1.82) is 0 Å². The number of hydrogen-bond donors (Lipinski definition) is 4. The second-order valence-electron chi connectivity index (χ2n) is 13.7. The lowest BCUT2D eigenvalue weighted by Gasteiger charge is -2.38. The van der Waals surface area contributed by atoms with Crippen molar-refractivity contribution in [3.05, 3.63) is 25.3 Å². The zero-order chi connectivity index (χ0) is 33.6. The molecule has 0 bridgehead atoms. The molecular formula is C32H51N5O7. The first-order valence-corrected chi connectivity index (χ1v) is 15.3. The van der Waals surface area contributed by atoms with Crippen LogP contribution in [0.1, 0.15) is 68.2 Å². The van der Waals surface area contributed by atoms with Crippen LogP contribution in [0.4, 0.5) is 4.79 Å². The van der Waals surface area contributed by atoms with E-state index in [-0.39, 0.29) is 42.7 Å². The van der Waals surface area contributed by atoms with Gasteiger partial charge in [0.15, 0.2) is 0 Å². The minimum atomic E-state index is -1.05. The summed E-state index contributed by atoms with van der Waals surface area (Å²) in [5.41, 5.74) is -0.971. The monoisotopic (exact) mass is 617 g/mol. The Hall–Kier alpha value is -3.70. The van der Waals surface area contributed by atoms with Crippen molar-refractivity contribution in [2.75, 3.05) is 19.7 Å². The summed E-state index contributed by atoms with van der Waals surface area (Å²) in [6.07, 6.45) is 3.67. The Kier molecular flexibility index (Phi) is 12.3. The average Bonchev–Trinajstić information content (AvgIpc) is 3.26. The number of ketones is 1. The highest BCUT2D eigenvalue weighted by Crippen LogP contribution is 2.65. The predicted octanol–water partition coefficient (Wildman–Crippen LogP) is 2.09. The quantitative estimate of drug-likeness (QED) is 0.124. The maximum Gasteiger partial charge on any atom is 0.329 e. The van der Waals surface area contributed by atoms with E-state index in [1.54, 1.807) is 34.6 Å². The van der Waals surface area contributed by atoms with Gasteiger partial charge in [-0.25, -0.2) is 9.59 Å². The molecule has 0 radical (unpaired) electrons. The molecule has 1 aliphatic carbocycles. The molecule has 1 saturated carbocycles. The van der Waals surface area contributed by atoms with Gasteiger partial charge in [0.2, 0.25) is 17.6 Å². The predicted molar refractivity (Wildman–Crippen MR) is 166 cm³/mol. The molecule has 2 fully saturated rings. The molecule has 2 rings (SSSR count). The van der Waals surface area contributed by atoms with Crippen LogP contribution in [0, 0.1) is 28.6 Å². The first-order valence-electron chi connectivity index (χ1n) is 15.3. The summed E-state index contributed by atoms with van der Waals surface area (Å²) in [7, 11) is 0. The molecule has 2 aliphatic rings. The van der Waals surface area contributed by atoms with E-state index >= 15 is 0 Å². The Bertz CT molecular complexity index is 1140. The van der Waals surface area contributed by atoms with Gasteiger partial charge in [-0.3, -0.25) is 19.2 Å². The van der Waals surface area contributed by atoms with Crippen molar-refractivity contribution in [2.45, 2.75) is 92.4 Å². The van der Waals surface area contributed by atoms with E-state index in [9.17, 15) is 28.8 Å². The summed E-state index contributed by atoms with van der Waals surface area (Å²) in [6, 6.07) is -4.67. The average molecular weight is 618 g/mol. The highest BCUT2D eigenvalue weighted by Gasteiger charge is 2.70. The number of nitrogens with zero attached hydrogens (tertiary/aromatic N) is 1. The largest absolute Gasteiger partial charge is 0.460 e. The zero-order valence-electron chi connectivity index (χ0n) is 27.5. The Labute approximate surface area is 261 Å². The van der Waals surface area contributed by atoms with Gasteiger partial charge in [-0.2, -0.15) is 0 Å². The summed E-state index contributed by atoms with van der Waals surface area (Å²) in [5.74, 6) is -3.56. The normalized spacial score (nSPS) is 22.0. The van der Waals surface area contributed by atoms with Crippen LogP contribution >= 0.6 is 0 Å². The standard InChI is InChI=1S/C32H51N5O7/c1-11-14-20(24(38)27(40)33-15-12-2)34-26(39)23-21-19(32(21,9)10)17-37(23)28(41)25(31(6,7)8)36-30(43)35-22(18(4)5)29(42)44-16-13-3/h12-13,18-23,25H,2-3,11,14-17H2,1,4-10H3,(H,33,40)(H,34,39)(H2,35,36,43)/t19-,20?,21-,22-,23-,25+/m0/s1. The molecule has 5 amide bonds. The number of Topliss-reactive ketones (excluding diaryl/α,β-unsaturated/α-hetero) is 1. The van der Waals surface area contributed by atoms with Crippen LogP contribution in [0.15, 0.2) is 25.3 Å². The van der Waals surface area contributed by atoms with Crippen LogP contribution in [0.5, 0.6) is 0 Å². The first-order chi connectivity index (χ1) is 20.4. The lowest BCUT2D eigenvalue weighted by Crippen LogP contribution is -2.62. The fraction of sp³-hybridized carbons (Fsp3) is 0.688. The smallest absolute Gasteiger partial charge is 0.329 e. The fourth-order valence-electron chi connectivity index (χ4n) is 5.90. The van der Waals surface area contributed by atoms with Crippen molar-refractivity contribution in [3.8, 4) is 0 Å². The number of nitrogens with one attached hydrogen (secondary N) is 4. The van der Waals surface area contributed by atoms with Crippen LogP contribution in [-0.2, 0) is 28.7 Å². The molecular weight excluding hydrogens is 566 g/mol. The molecule has 6 atom stereocenters. The summed E-state index contributed by atoms with van der Waals surface area (Å²) in [4.78, 5) is 80.4. The molecule has 0 aromatic carbocycles. The maximum atomic E-state index is 14.1. The fourth-order valence-corrected chi connectivity index (χ4v) is 5.90. The van der Waals surface area contributed by atoms with Gasteiger partial charge >= 0.3 is 12.0 Å². The third-order valence-electron chi connectivity index (χ3n) is 8.54. The van der Waals surface area contributed by atoms with E-state index in [2.05, 4.69) is 34.4 Å². The zero-order valence-corrected chi connectivity index (χ0v) is 27.5. The van der Waals surface area contributed by atoms with Gasteiger partial charge in [0.1, 0.15) is 24.7 Å². The first kappa shape index (κ1) is 36.5. The minimum Gasteiger partial charge on any atom is -0.460 e. The van der Waals surface area contributed by atoms with E-state index in [1.807, 2.05) is 20.8 Å². The van der Waals surface area contributed by atoms with E-state index in [0.29, 0.717) is 13.0 Å².